The average molecular weight is 242 g/mol. The number of amides is 2. The summed E-state index contributed by atoms with van der Waals surface area (Å²) in [5.41, 5.74) is 0. The Hall–Kier alpha value is -1.10. The molecule has 17 heavy (non-hydrogen) atoms. The standard InChI is InChI=1S/C12H22N2O3/c1-4-5-10-12(16)14(8-9(2)17-3)7-6-11(15)13-10/h9-10H,4-8H2,1-3H3,(H,13,15). The van der Waals surface area contributed by atoms with Crippen molar-refractivity contribution in [1.29, 1.82) is 0 Å². The quantitative estimate of drug-likeness (QED) is 0.765. The largest absolute Gasteiger partial charge is 0.380 e. The first kappa shape index (κ1) is 14.0. The molecule has 0 aliphatic carbocycles. The van der Waals surface area contributed by atoms with Gasteiger partial charge in [0.25, 0.3) is 0 Å². The van der Waals surface area contributed by atoms with E-state index in [0.717, 1.165) is 6.42 Å². The molecular formula is C12H22N2O3. The van der Waals surface area contributed by atoms with Crippen molar-refractivity contribution in [2.24, 2.45) is 0 Å². The van der Waals surface area contributed by atoms with E-state index in [1.807, 2.05) is 13.8 Å². The van der Waals surface area contributed by atoms with Crippen LogP contribution in [0.1, 0.15) is 33.1 Å². The Balaban J connectivity index is 2.69. The monoisotopic (exact) mass is 242 g/mol. The maximum absolute atomic E-state index is 12.2. The lowest BCUT2D eigenvalue weighted by molar-refractivity contribution is -0.135. The van der Waals surface area contributed by atoms with Crippen molar-refractivity contribution in [2.75, 3.05) is 20.2 Å². The molecule has 2 amide bonds. The van der Waals surface area contributed by atoms with Gasteiger partial charge in [-0.1, -0.05) is 13.3 Å². The van der Waals surface area contributed by atoms with Crippen LogP contribution >= 0.6 is 0 Å². The van der Waals surface area contributed by atoms with Gasteiger partial charge in [-0.2, -0.15) is 0 Å². The molecule has 0 aromatic rings. The van der Waals surface area contributed by atoms with Crippen molar-refractivity contribution in [3.63, 3.8) is 0 Å². The highest BCUT2D eigenvalue weighted by atomic mass is 16.5. The molecule has 0 radical (unpaired) electrons. The first-order valence-electron chi connectivity index (χ1n) is 6.19. The molecule has 1 fully saturated rings. The van der Waals surface area contributed by atoms with Crippen molar-refractivity contribution in [2.45, 2.75) is 45.3 Å². The van der Waals surface area contributed by atoms with Crippen LogP contribution in [0.4, 0.5) is 0 Å². The summed E-state index contributed by atoms with van der Waals surface area (Å²) in [6.07, 6.45) is 1.95. The minimum absolute atomic E-state index is 0.00516. The van der Waals surface area contributed by atoms with Crippen LogP contribution in [0.2, 0.25) is 0 Å². The maximum Gasteiger partial charge on any atom is 0.245 e. The lowest BCUT2D eigenvalue weighted by atomic mass is 10.1. The van der Waals surface area contributed by atoms with Crippen molar-refractivity contribution < 1.29 is 14.3 Å². The van der Waals surface area contributed by atoms with Gasteiger partial charge in [0.15, 0.2) is 0 Å². The Labute approximate surface area is 102 Å². The molecule has 0 bridgehead atoms. The van der Waals surface area contributed by atoms with Gasteiger partial charge in [-0.25, -0.2) is 0 Å². The van der Waals surface area contributed by atoms with Crippen LogP contribution < -0.4 is 5.32 Å². The molecule has 0 aromatic carbocycles. The summed E-state index contributed by atoms with van der Waals surface area (Å²) < 4.78 is 5.16. The summed E-state index contributed by atoms with van der Waals surface area (Å²) in [6.45, 7) is 4.96. The molecule has 0 saturated carbocycles. The topological polar surface area (TPSA) is 58.6 Å². The molecule has 0 spiro atoms. The minimum atomic E-state index is -0.362. The average Bonchev–Trinajstić information content (AvgIpc) is 2.43. The van der Waals surface area contributed by atoms with Gasteiger partial charge in [-0.3, -0.25) is 9.59 Å². The van der Waals surface area contributed by atoms with E-state index < -0.39 is 0 Å². The predicted molar refractivity (Wildman–Crippen MR) is 64.5 cm³/mol. The first-order chi connectivity index (χ1) is 8.08. The molecule has 1 aliphatic heterocycles. The normalized spacial score (nSPS) is 23.2. The number of hydrogen-bond donors (Lipinski definition) is 1. The van der Waals surface area contributed by atoms with Gasteiger partial charge in [-0.15, -0.1) is 0 Å². The summed E-state index contributed by atoms with van der Waals surface area (Å²) in [6, 6.07) is -0.362. The fourth-order valence-corrected chi connectivity index (χ4v) is 1.95. The molecule has 1 N–H and O–H groups in total. The van der Waals surface area contributed by atoms with E-state index in [1.165, 1.54) is 0 Å². The molecular weight excluding hydrogens is 220 g/mol. The third kappa shape index (κ3) is 4.00. The second kappa shape index (κ2) is 6.59. The summed E-state index contributed by atoms with van der Waals surface area (Å²) >= 11 is 0. The van der Waals surface area contributed by atoms with Crippen LogP contribution in [0.3, 0.4) is 0 Å². The molecule has 1 heterocycles. The Morgan fingerprint density at radius 3 is 2.82 bits per heavy atom. The summed E-state index contributed by atoms with van der Waals surface area (Å²) in [5, 5.41) is 2.78. The number of nitrogens with one attached hydrogen (secondary N) is 1. The highest BCUT2D eigenvalue weighted by Gasteiger charge is 2.29. The number of ether oxygens (including phenoxy) is 1. The SMILES string of the molecule is CCCC1NC(=O)CCN(CC(C)OC)C1=O. The lowest BCUT2D eigenvalue weighted by Crippen LogP contribution is -2.46. The van der Waals surface area contributed by atoms with Gasteiger partial charge in [0, 0.05) is 26.6 Å². The van der Waals surface area contributed by atoms with Gasteiger partial charge in [0.1, 0.15) is 6.04 Å². The Morgan fingerprint density at radius 1 is 1.53 bits per heavy atom. The number of methoxy groups -OCH3 is 1. The van der Waals surface area contributed by atoms with E-state index in [-0.39, 0.29) is 24.0 Å². The number of rotatable bonds is 5. The maximum atomic E-state index is 12.2. The Morgan fingerprint density at radius 2 is 2.24 bits per heavy atom. The smallest absolute Gasteiger partial charge is 0.245 e. The fourth-order valence-electron chi connectivity index (χ4n) is 1.95. The molecule has 0 aromatic heterocycles. The van der Waals surface area contributed by atoms with E-state index in [0.29, 0.717) is 25.9 Å². The molecule has 2 unspecified atom stereocenters. The number of carbonyl (C=O) groups is 2. The zero-order valence-corrected chi connectivity index (χ0v) is 10.9. The molecule has 5 heteroatoms. The molecule has 1 aliphatic rings. The molecule has 5 nitrogen and oxygen atoms in total. The van der Waals surface area contributed by atoms with Crippen LogP contribution in [-0.2, 0) is 14.3 Å². The van der Waals surface area contributed by atoms with Crippen molar-refractivity contribution in [3.8, 4) is 0 Å². The molecule has 1 saturated heterocycles. The van der Waals surface area contributed by atoms with Crippen LogP contribution in [0.5, 0.6) is 0 Å². The van der Waals surface area contributed by atoms with E-state index in [2.05, 4.69) is 5.32 Å². The molecule has 98 valence electrons. The predicted octanol–water partition coefficient (Wildman–Crippen LogP) is 0.539. The van der Waals surface area contributed by atoms with Gasteiger partial charge in [0.2, 0.25) is 11.8 Å². The fraction of sp³-hybridized carbons (Fsp3) is 0.833. The van der Waals surface area contributed by atoms with E-state index in [4.69, 9.17) is 4.74 Å². The zero-order valence-electron chi connectivity index (χ0n) is 10.9. The number of hydrogen-bond acceptors (Lipinski definition) is 3. The van der Waals surface area contributed by atoms with Crippen LogP contribution in [0, 0.1) is 0 Å². The zero-order chi connectivity index (χ0) is 12.8. The minimum Gasteiger partial charge on any atom is -0.380 e. The second-order valence-electron chi connectivity index (χ2n) is 4.49. The first-order valence-corrected chi connectivity index (χ1v) is 6.19. The highest BCUT2D eigenvalue weighted by Crippen LogP contribution is 2.09. The second-order valence-corrected chi connectivity index (χ2v) is 4.49. The van der Waals surface area contributed by atoms with Crippen molar-refractivity contribution >= 4 is 11.8 Å². The van der Waals surface area contributed by atoms with Crippen molar-refractivity contribution in [3.05, 3.63) is 0 Å². The number of carbonyl (C=O) groups excluding carboxylic acids is 2. The van der Waals surface area contributed by atoms with Crippen molar-refractivity contribution in [1.82, 2.24) is 10.2 Å². The molecule has 2 atom stereocenters. The number of nitrogens with zero attached hydrogens (tertiary/aromatic N) is 1. The van der Waals surface area contributed by atoms with E-state index >= 15 is 0 Å². The Kier molecular flexibility index (Phi) is 5.41. The third-order valence-electron chi connectivity index (χ3n) is 3.01. The summed E-state index contributed by atoms with van der Waals surface area (Å²) in [5.74, 6) is -0.0223. The molecule has 1 rings (SSSR count). The van der Waals surface area contributed by atoms with Crippen LogP contribution in [0.25, 0.3) is 0 Å². The van der Waals surface area contributed by atoms with E-state index in [1.54, 1.807) is 12.0 Å². The summed E-state index contributed by atoms with van der Waals surface area (Å²) in [7, 11) is 1.62. The van der Waals surface area contributed by atoms with E-state index in [9.17, 15) is 9.59 Å². The Bertz CT molecular complexity index is 281. The van der Waals surface area contributed by atoms with Crippen LogP contribution in [-0.4, -0.2) is 49.1 Å². The van der Waals surface area contributed by atoms with Gasteiger partial charge >= 0.3 is 0 Å². The van der Waals surface area contributed by atoms with Crippen LogP contribution in [0.15, 0.2) is 0 Å². The van der Waals surface area contributed by atoms with Gasteiger partial charge in [-0.05, 0) is 13.3 Å². The van der Waals surface area contributed by atoms with Gasteiger partial charge in [0.05, 0.1) is 6.10 Å². The van der Waals surface area contributed by atoms with Gasteiger partial charge < -0.3 is 15.0 Å². The highest BCUT2D eigenvalue weighted by molar-refractivity contribution is 5.89. The lowest BCUT2D eigenvalue weighted by Gasteiger charge is -2.26. The third-order valence-corrected chi connectivity index (χ3v) is 3.01. The summed E-state index contributed by atoms with van der Waals surface area (Å²) in [4.78, 5) is 25.4.